The van der Waals surface area contributed by atoms with Gasteiger partial charge in [0, 0.05) is 17.7 Å². The fourth-order valence-corrected chi connectivity index (χ4v) is 3.87. The highest BCUT2D eigenvalue weighted by molar-refractivity contribution is 5.86. The van der Waals surface area contributed by atoms with Gasteiger partial charge in [-0.3, -0.25) is 0 Å². The molecule has 0 unspecified atom stereocenters. The molecule has 2 aliphatic rings. The van der Waals surface area contributed by atoms with Gasteiger partial charge in [-0.05, 0) is 56.6 Å². The van der Waals surface area contributed by atoms with Crippen molar-refractivity contribution in [2.24, 2.45) is 0 Å². The van der Waals surface area contributed by atoms with Gasteiger partial charge < -0.3 is 15.4 Å². The molecule has 0 amide bonds. The predicted molar refractivity (Wildman–Crippen MR) is 111 cm³/mol. The molecule has 0 atom stereocenters. The Hall–Kier alpha value is -2.76. The Kier molecular flexibility index (Phi) is 5.12. The fraction of sp³-hybridized carbons (Fsp3) is 0.381. The van der Waals surface area contributed by atoms with Gasteiger partial charge in [0.1, 0.15) is 23.1 Å². The first kappa shape index (κ1) is 20.5. The highest BCUT2D eigenvalue weighted by Crippen LogP contribution is 2.41. The average molecular weight is 432 g/mol. The number of imidazole rings is 1. The van der Waals surface area contributed by atoms with Crippen LogP contribution in [0.2, 0.25) is 0 Å². The van der Waals surface area contributed by atoms with Crippen molar-refractivity contribution in [1.29, 1.82) is 0 Å². The number of aliphatic hydroxyl groups is 1. The molecule has 5 rings (SSSR count). The number of hydrogen-bond acceptors (Lipinski definition) is 5. The van der Waals surface area contributed by atoms with E-state index in [0.29, 0.717) is 35.4 Å². The van der Waals surface area contributed by atoms with E-state index in [4.69, 9.17) is 5.73 Å². The monoisotopic (exact) mass is 431 g/mol. The Balaban J connectivity index is 0.00000218. The highest BCUT2D eigenvalue weighted by atomic mass is 35.5. The maximum atomic E-state index is 13.8. The summed E-state index contributed by atoms with van der Waals surface area (Å²) in [7, 11) is 0. The first-order valence-electron chi connectivity index (χ1n) is 9.69. The van der Waals surface area contributed by atoms with E-state index in [0.717, 1.165) is 31.7 Å². The molecular weight excluding hydrogens is 412 g/mol. The van der Waals surface area contributed by atoms with E-state index in [-0.39, 0.29) is 30.1 Å². The summed E-state index contributed by atoms with van der Waals surface area (Å²) in [5, 5.41) is 10.4. The highest BCUT2D eigenvalue weighted by Gasteiger charge is 2.31. The van der Waals surface area contributed by atoms with Gasteiger partial charge >= 0.3 is 0 Å². The molecule has 156 valence electrons. The summed E-state index contributed by atoms with van der Waals surface area (Å²) < 4.78 is 29.4. The third kappa shape index (κ3) is 3.71. The van der Waals surface area contributed by atoms with Crippen LogP contribution in [0.3, 0.4) is 0 Å². The van der Waals surface area contributed by atoms with E-state index in [1.807, 2.05) is 4.57 Å². The topological polar surface area (TPSA) is 89.8 Å². The van der Waals surface area contributed by atoms with Gasteiger partial charge in [0.15, 0.2) is 17.0 Å². The zero-order chi connectivity index (χ0) is 20.2. The van der Waals surface area contributed by atoms with Gasteiger partial charge in [-0.2, -0.15) is 0 Å². The van der Waals surface area contributed by atoms with Crippen LogP contribution in [0, 0.1) is 23.5 Å². The maximum Gasteiger partial charge on any atom is 0.209 e. The van der Waals surface area contributed by atoms with Crippen LogP contribution in [0.15, 0.2) is 18.2 Å². The van der Waals surface area contributed by atoms with Crippen molar-refractivity contribution in [1.82, 2.24) is 19.5 Å². The maximum absolute atomic E-state index is 13.8. The van der Waals surface area contributed by atoms with Crippen LogP contribution in [0.4, 0.5) is 14.6 Å². The lowest BCUT2D eigenvalue weighted by Gasteiger charge is -2.12. The molecule has 2 heterocycles. The molecule has 0 radical (unpaired) electrons. The number of anilines is 1. The number of rotatable bonds is 2. The summed E-state index contributed by atoms with van der Waals surface area (Å²) in [6.45, 7) is 0. The molecule has 0 bridgehead atoms. The van der Waals surface area contributed by atoms with Crippen molar-refractivity contribution in [3.8, 4) is 23.2 Å². The number of benzene rings is 1. The quantitative estimate of drug-likeness (QED) is 0.603. The van der Waals surface area contributed by atoms with Crippen LogP contribution >= 0.6 is 12.4 Å². The second kappa shape index (κ2) is 7.49. The molecule has 0 aliphatic heterocycles. The lowest BCUT2D eigenvalue weighted by Crippen LogP contribution is -2.20. The number of nitrogens with two attached hydrogens (primary N) is 1. The fourth-order valence-electron chi connectivity index (χ4n) is 3.87. The van der Waals surface area contributed by atoms with E-state index in [2.05, 4.69) is 26.8 Å². The average Bonchev–Trinajstić information content (AvgIpc) is 3.28. The summed E-state index contributed by atoms with van der Waals surface area (Å²) in [6, 6.07) is 3.44. The van der Waals surface area contributed by atoms with Crippen molar-refractivity contribution in [3.63, 3.8) is 0 Å². The van der Waals surface area contributed by atoms with Gasteiger partial charge in [0.2, 0.25) is 5.82 Å². The van der Waals surface area contributed by atoms with Crippen LogP contribution in [0.5, 0.6) is 0 Å². The number of nitrogens with zero attached hydrogens (tertiary/aromatic N) is 4. The first-order valence-corrected chi connectivity index (χ1v) is 9.69. The molecule has 2 saturated carbocycles. The molecule has 3 N–H and O–H groups in total. The third-order valence-corrected chi connectivity index (χ3v) is 5.44. The molecule has 30 heavy (non-hydrogen) atoms. The Bertz CT molecular complexity index is 1170. The van der Waals surface area contributed by atoms with E-state index in [9.17, 15) is 13.9 Å². The summed E-state index contributed by atoms with van der Waals surface area (Å²) in [5.74, 6) is 5.13. The number of fused-ring (bicyclic) bond motifs is 1. The largest absolute Gasteiger partial charge is 0.382 e. The first-order chi connectivity index (χ1) is 13.9. The van der Waals surface area contributed by atoms with Crippen LogP contribution in [0.25, 0.3) is 22.6 Å². The standard InChI is InChI=1S/C21H19F2N5O.ClH/c22-13-9-12(10-14(23)11-13)19-27-17-18(24)25-16(5-8-21(29)6-1-2-7-21)26-20(17)28(19)15-3-4-15;/h9-11,15,29H,1-4,6-7H2,(H2,24,25,26);1H. The second-order valence-corrected chi connectivity index (χ2v) is 7.79. The molecule has 0 saturated heterocycles. The molecule has 9 heteroatoms. The van der Waals surface area contributed by atoms with Gasteiger partial charge in [-0.1, -0.05) is 5.92 Å². The SMILES string of the molecule is Cl.Nc1nc(C#CC2(O)CCCC2)nc2c1nc(-c1cc(F)cc(F)c1)n2C1CC1. The number of hydrogen-bond donors (Lipinski definition) is 2. The van der Waals surface area contributed by atoms with Gasteiger partial charge in [0.05, 0.1) is 0 Å². The predicted octanol–water partition coefficient (Wildman–Crippen LogP) is 3.77. The van der Waals surface area contributed by atoms with Crippen LogP contribution < -0.4 is 5.73 Å². The van der Waals surface area contributed by atoms with Crippen LogP contribution in [0.1, 0.15) is 50.4 Å². The lowest BCUT2D eigenvalue weighted by atomic mass is 10.0. The zero-order valence-corrected chi connectivity index (χ0v) is 16.8. The number of nitrogen functional groups attached to an aromatic ring is 1. The van der Waals surface area contributed by atoms with E-state index < -0.39 is 17.2 Å². The molecule has 2 aliphatic carbocycles. The Morgan fingerprint density at radius 3 is 2.37 bits per heavy atom. The normalized spacial score (nSPS) is 17.4. The Labute approximate surface area is 178 Å². The van der Waals surface area contributed by atoms with Crippen molar-refractivity contribution < 1.29 is 13.9 Å². The van der Waals surface area contributed by atoms with Crippen molar-refractivity contribution >= 4 is 29.4 Å². The van der Waals surface area contributed by atoms with Crippen molar-refractivity contribution in [2.75, 3.05) is 5.73 Å². The van der Waals surface area contributed by atoms with E-state index in [1.165, 1.54) is 12.1 Å². The summed E-state index contributed by atoms with van der Waals surface area (Å²) >= 11 is 0. The summed E-state index contributed by atoms with van der Waals surface area (Å²) in [6.07, 6.45) is 4.98. The minimum atomic E-state index is -1.01. The van der Waals surface area contributed by atoms with Gasteiger partial charge in [-0.25, -0.2) is 23.7 Å². The molecule has 3 aromatic rings. The second-order valence-electron chi connectivity index (χ2n) is 7.79. The molecule has 2 aromatic heterocycles. The van der Waals surface area contributed by atoms with Crippen LogP contribution in [-0.4, -0.2) is 30.2 Å². The van der Waals surface area contributed by atoms with Crippen LogP contribution in [-0.2, 0) is 0 Å². The zero-order valence-electron chi connectivity index (χ0n) is 16.0. The molecule has 2 fully saturated rings. The minimum Gasteiger partial charge on any atom is -0.382 e. The summed E-state index contributed by atoms with van der Waals surface area (Å²) in [4.78, 5) is 13.2. The molecule has 6 nitrogen and oxygen atoms in total. The van der Waals surface area contributed by atoms with Gasteiger partial charge in [0.25, 0.3) is 0 Å². The Morgan fingerprint density at radius 1 is 1.07 bits per heavy atom. The smallest absolute Gasteiger partial charge is 0.209 e. The van der Waals surface area contributed by atoms with Crippen molar-refractivity contribution in [2.45, 2.75) is 50.2 Å². The van der Waals surface area contributed by atoms with Gasteiger partial charge in [-0.15, -0.1) is 12.4 Å². The number of halogens is 3. The lowest BCUT2D eigenvalue weighted by molar-refractivity contribution is 0.110. The Morgan fingerprint density at radius 2 is 1.73 bits per heavy atom. The molecule has 1 aromatic carbocycles. The van der Waals surface area contributed by atoms with E-state index in [1.54, 1.807) is 0 Å². The minimum absolute atomic E-state index is 0. The number of aromatic nitrogens is 4. The van der Waals surface area contributed by atoms with E-state index >= 15 is 0 Å². The molecular formula is C21H20ClF2N5O. The third-order valence-electron chi connectivity index (χ3n) is 5.44. The van der Waals surface area contributed by atoms with Crippen molar-refractivity contribution in [3.05, 3.63) is 35.7 Å². The summed E-state index contributed by atoms with van der Waals surface area (Å²) in [5.41, 5.74) is 6.29. The molecule has 0 spiro atoms.